The fraction of sp³-hybridized carbons (Fsp3) is 0.611. The van der Waals surface area contributed by atoms with Crippen LogP contribution < -0.4 is 10.5 Å². The molecule has 4 rings (SSSR count). The van der Waals surface area contributed by atoms with Gasteiger partial charge in [0.2, 0.25) is 0 Å². The van der Waals surface area contributed by atoms with Gasteiger partial charge in [-0.1, -0.05) is 0 Å². The molecule has 3 saturated carbocycles. The van der Waals surface area contributed by atoms with Crippen molar-refractivity contribution in [2.45, 2.75) is 43.9 Å². The number of carbonyl (C=O) groups excluding carboxylic acids is 1. The molecule has 1 amide bonds. The molecular formula is C18H20F3NO2. The molecule has 0 aliphatic heterocycles. The van der Waals surface area contributed by atoms with E-state index in [0.717, 1.165) is 24.8 Å². The van der Waals surface area contributed by atoms with Crippen LogP contribution in [0, 0.1) is 23.6 Å². The number of rotatable bonds is 5. The summed E-state index contributed by atoms with van der Waals surface area (Å²) in [6.07, 6.45) is 3.67. The van der Waals surface area contributed by atoms with Gasteiger partial charge in [-0.25, -0.2) is 13.2 Å². The van der Waals surface area contributed by atoms with Gasteiger partial charge in [-0.2, -0.15) is 0 Å². The number of primary amides is 1. The number of carbonyl (C=O) groups is 1. The van der Waals surface area contributed by atoms with E-state index in [1.165, 1.54) is 12.1 Å². The van der Waals surface area contributed by atoms with Gasteiger partial charge in [-0.15, -0.1) is 0 Å². The van der Waals surface area contributed by atoms with Crippen LogP contribution in [-0.4, -0.2) is 18.4 Å². The second-order valence-corrected chi connectivity index (χ2v) is 7.39. The Morgan fingerprint density at radius 3 is 2.58 bits per heavy atom. The highest BCUT2D eigenvalue weighted by Crippen LogP contribution is 2.63. The van der Waals surface area contributed by atoms with E-state index in [9.17, 15) is 18.0 Å². The van der Waals surface area contributed by atoms with Crippen LogP contribution in [0.1, 0.15) is 53.9 Å². The van der Waals surface area contributed by atoms with Crippen molar-refractivity contribution in [1.82, 2.24) is 0 Å². The molecule has 3 aliphatic carbocycles. The maximum atomic E-state index is 14.0. The molecule has 1 aromatic carbocycles. The van der Waals surface area contributed by atoms with Crippen LogP contribution in [0.15, 0.2) is 12.1 Å². The average molecular weight is 339 g/mol. The Bertz CT molecular complexity index is 687. The molecule has 6 heteroatoms. The van der Waals surface area contributed by atoms with E-state index in [4.69, 9.17) is 10.5 Å². The van der Waals surface area contributed by atoms with Crippen molar-refractivity contribution < 1.29 is 22.7 Å². The fourth-order valence-corrected chi connectivity index (χ4v) is 4.03. The number of hydrogen-bond acceptors (Lipinski definition) is 2. The number of amides is 1. The Kier molecular flexibility index (Phi) is 3.55. The first-order valence-corrected chi connectivity index (χ1v) is 8.51. The molecule has 3 nitrogen and oxygen atoms in total. The van der Waals surface area contributed by atoms with Gasteiger partial charge in [0, 0.05) is 17.9 Å². The first-order chi connectivity index (χ1) is 11.4. The third-order valence-corrected chi connectivity index (χ3v) is 5.70. The zero-order chi connectivity index (χ0) is 17.1. The highest BCUT2D eigenvalue weighted by atomic mass is 19.3. The molecule has 3 fully saturated rings. The summed E-state index contributed by atoms with van der Waals surface area (Å²) in [6.45, 7) is 0.314. The molecule has 0 aromatic heterocycles. The van der Waals surface area contributed by atoms with Crippen LogP contribution >= 0.6 is 0 Å². The summed E-state index contributed by atoms with van der Waals surface area (Å²) < 4.78 is 46.7. The minimum absolute atomic E-state index is 0.0746. The Labute approximate surface area is 138 Å². The number of hydrogen-bond donors (Lipinski definition) is 1. The van der Waals surface area contributed by atoms with Gasteiger partial charge >= 0.3 is 0 Å². The molecule has 3 aliphatic rings. The smallest absolute Gasteiger partial charge is 0.254 e. The summed E-state index contributed by atoms with van der Waals surface area (Å²) in [5.74, 6) is -4.17. The minimum atomic E-state index is -2.50. The quantitative estimate of drug-likeness (QED) is 0.885. The van der Waals surface area contributed by atoms with Gasteiger partial charge in [0.25, 0.3) is 11.8 Å². The van der Waals surface area contributed by atoms with Crippen molar-refractivity contribution >= 4 is 5.91 Å². The van der Waals surface area contributed by atoms with Crippen molar-refractivity contribution in [3.05, 3.63) is 29.1 Å². The summed E-state index contributed by atoms with van der Waals surface area (Å²) in [4.78, 5) is 11.3. The van der Waals surface area contributed by atoms with Gasteiger partial charge in [0.05, 0.1) is 12.2 Å². The molecule has 24 heavy (non-hydrogen) atoms. The van der Waals surface area contributed by atoms with Crippen LogP contribution in [0.25, 0.3) is 0 Å². The third kappa shape index (κ3) is 2.66. The van der Waals surface area contributed by atoms with Crippen LogP contribution in [0.4, 0.5) is 13.2 Å². The summed E-state index contributed by atoms with van der Waals surface area (Å²) in [6, 6.07) is 2.70. The molecule has 3 unspecified atom stereocenters. The fourth-order valence-electron chi connectivity index (χ4n) is 4.03. The summed E-state index contributed by atoms with van der Waals surface area (Å²) in [5, 5.41) is 0. The predicted molar refractivity (Wildman–Crippen MR) is 81.7 cm³/mol. The largest absolute Gasteiger partial charge is 0.493 e. The standard InChI is InChI=1S/C18H20F3NO2/c19-15-7-16(11(10-2-3-10)6-12(15)17(22)23)24-8-9-1-4-13-14(5-9)18(13,20)21/h6-7,9-10,13-14H,1-5,8H2,(H2,22,23). The summed E-state index contributed by atoms with van der Waals surface area (Å²) in [7, 11) is 0. The zero-order valence-electron chi connectivity index (χ0n) is 13.2. The molecular weight excluding hydrogens is 319 g/mol. The maximum Gasteiger partial charge on any atom is 0.254 e. The lowest BCUT2D eigenvalue weighted by molar-refractivity contribution is 0.0836. The summed E-state index contributed by atoms with van der Waals surface area (Å²) in [5.41, 5.74) is 5.88. The zero-order valence-corrected chi connectivity index (χ0v) is 13.2. The normalized spacial score (nSPS) is 30.5. The van der Waals surface area contributed by atoms with Crippen LogP contribution in [0.2, 0.25) is 0 Å². The van der Waals surface area contributed by atoms with E-state index >= 15 is 0 Å². The first kappa shape index (κ1) is 15.8. The molecule has 3 atom stereocenters. The monoisotopic (exact) mass is 339 g/mol. The van der Waals surface area contributed by atoms with Crippen molar-refractivity contribution in [2.75, 3.05) is 6.61 Å². The number of halogens is 3. The highest BCUT2D eigenvalue weighted by molar-refractivity contribution is 5.93. The molecule has 0 saturated heterocycles. The van der Waals surface area contributed by atoms with Crippen molar-refractivity contribution in [2.24, 2.45) is 23.5 Å². The topological polar surface area (TPSA) is 52.3 Å². The minimum Gasteiger partial charge on any atom is -0.493 e. The van der Waals surface area contributed by atoms with Crippen molar-refractivity contribution in [1.29, 1.82) is 0 Å². The van der Waals surface area contributed by atoms with Crippen molar-refractivity contribution in [3.63, 3.8) is 0 Å². The molecule has 130 valence electrons. The molecule has 1 aromatic rings. The van der Waals surface area contributed by atoms with Crippen LogP contribution in [0.5, 0.6) is 5.75 Å². The van der Waals surface area contributed by atoms with Gasteiger partial charge in [0.15, 0.2) is 0 Å². The number of fused-ring (bicyclic) bond motifs is 1. The molecule has 2 N–H and O–H groups in total. The molecule has 0 radical (unpaired) electrons. The second kappa shape index (κ2) is 5.39. The number of ether oxygens (including phenoxy) is 1. The van der Waals surface area contributed by atoms with Gasteiger partial charge in [-0.05, 0) is 55.6 Å². The Morgan fingerprint density at radius 2 is 1.96 bits per heavy atom. The average Bonchev–Trinajstić information content (AvgIpc) is 3.44. The maximum absolute atomic E-state index is 14.0. The Hall–Kier alpha value is -1.72. The van der Waals surface area contributed by atoms with E-state index in [0.29, 0.717) is 25.2 Å². The van der Waals surface area contributed by atoms with Crippen LogP contribution in [0.3, 0.4) is 0 Å². The number of nitrogens with two attached hydrogens (primary N) is 1. The second-order valence-electron chi connectivity index (χ2n) is 7.39. The van der Waals surface area contributed by atoms with Gasteiger partial charge < -0.3 is 10.5 Å². The van der Waals surface area contributed by atoms with Crippen molar-refractivity contribution in [3.8, 4) is 5.75 Å². The molecule has 0 spiro atoms. The van der Waals surface area contributed by atoms with E-state index in [1.807, 2.05) is 0 Å². The summed E-state index contributed by atoms with van der Waals surface area (Å²) >= 11 is 0. The van der Waals surface area contributed by atoms with Crippen LogP contribution in [-0.2, 0) is 0 Å². The Morgan fingerprint density at radius 1 is 1.21 bits per heavy atom. The molecule has 0 heterocycles. The number of benzene rings is 1. The predicted octanol–water partition coefficient (Wildman–Crippen LogP) is 3.86. The van der Waals surface area contributed by atoms with Gasteiger partial charge in [0.1, 0.15) is 11.6 Å². The Balaban J connectivity index is 1.46. The van der Waals surface area contributed by atoms with E-state index in [-0.39, 0.29) is 17.4 Å². The molecule has 0 bridgehead atoms. The lowest BCUT2D eigenvalue weighted by Gasteiger charge is -2.21. The number of alkyl halides is 2. The van der Waals surface area contributed by atoms with Gasteiger partial charge in [-0.3, -0.25) is 4.79 Å². The SMILES string of the molecule is NC(=O)c1cc(C2CC2)c(OCC2CCC3C(C2)C3(F)F)cc1F. The first-order valence-electron chi connectivity index (χ1n) is 8.51. The van der Waals surface area contributed by atoms with E-state index in [1.54, 1.807) is 0 Å². The lowest BCUT2D eigenvalue weighted by atomic mass is 9.90. The highest BCUT2D eigenvalue weighted by Gasteiger charge is 2.68. The van der Waals surface area contributed by atoms with E-state index < -0.39 is 29.5 Å². The third-order valence-electron chi connectivity index (χ3n) is 5.70. The lowest BCUT2D eigenvalue weighted by Crippen LogP contribution is -2.18. The van der Waals surface area contributed by atoms with E-state index in [2.05, 4.69) is 0 Å².